The van der Waals surface area contributed by atoms with Gasteiger partial charge in [0.15, 0.2) is 0 Å². The van der Waals surface area contributed by atoms with Crippen LogP contribution in [0, 0.1) is 0 Å². The summed E-state index contributed by atoms with van der Waals surface area (Å²) in [6.45, 7) is 9.20. The topological polar surface area (TPSA) is 105 Å². The molecule has 0 aliphatic heterocycles. The normalized spacial score (nSPS) is 9.92. The Morgan fingerprint density at radius 2 is 0.958 bits per heavy atom. The molecule has 0 aromatic carbocycles. The van der Waals surface area contributed by atoms with Crippen molar-refractivity contribution in [3.8, 4) is 0 Å². The number of carbonyl (C=O) groups is 4. The summed E-state index contributed by atoms with van der Waals surface area (Å²) in [5.74, 6) is -2.77. The third kappa shape index (κ3) is 10.8. The molecular formula is C16H20O8. The molecule has 0 saturated carbocycles. The van der Waals surface area contributed by atoms with Crippen LogP contribution < -0.4 is 0 Å². The summed E-state index contributed by atoms with van der Waals surface area (Å²) in [4.78, 5) is 44.6. The maximum Gasteiger partial charge on any atom is 0.333 e. The fourth-order valence-electron chi connectivity index (χ4n) is 1.03. The first-order valence-electron chi connectivity index (χ1n) is 6.91. The van der Waals surface area contributed by atoms with Crippen molar-refractivity contribution in [2.45, 2.75) is 13.8 Å². The lowest BCUT2D eigenvalue weighted by molar-refractivity contribution is -0.147. The molecule has 0 saturated heterocycles. The SMILES string of the molecule is C=C(C)C(=O)OCCOC(=O)C=CC(=O)OCCOC(=O)C(=C)C. The summed E-state index contributed by atoms with van der Waals surface area (Å²) in [6.07, 6.45) is 1.73. The highest BCUT2D eigenvalue weighted by atomic mass is 16.6. The highest BCUT2D eigenvalue weighted by molar-refractivity contribution is 5.91. The van der Waals surface area contributed by atoms with Crippen LogP contribution in [-0.2, 0) is 38.1 Å². The van der Waals surface area contributed by atoms with Crippen LogP contribution in [-0.4, -0.2) is 50.3 Å². The van der Waals surface area contributed by atoms with Crippen LogP contribution in [0.4, 0.5) is 0 Å². The molecule has 132 valence electrons. The fraction of sp³-hybridized carbons (Fsp3) is 0.375. The number of rotatable bonds is 10. The van der Waals surface area contributed by atoms with E-state index in [1.807, 2.05) is 0 Å². The molecule has 0 fully saturated rings. The van der Waals surface area contributed by atoms with Gasteiger partial charge in [-0.3, -0.25) is 0 Å². The van der Waals surface area contributed by atoms with E-state index in [4.69, 9.17) is 9.47 Å². The van der Waals surface area contributed by atoms with Gasteiger partial charge < -0.3 is 18.9 Å². The van der Waals surface area contributed by atoms with Crippen LogP contribution in [0.2, 0.25) is 0 Å². The first-order chi connectivity index (χ1) is 11.2. The molecule has 0 aliphatic rings. The summed E-state index contributed by atoms with van der Waals surface area (Å²) in [5.41, 5.74) is 0.468. The molecule has 0 N–H and O–H groups in total. The maximum atomic E-state index is 11.3. The van der Waals surface area contributed by atoms with E-state index in [1.54, 1.807) is 0 Å². The first-order valence-corrected chi connectivity index (χ1v) is 6.91. The zero-order valence-electron chi connectivity index (χ0n) is 13.7. The van der Waals surface area contributed by atoms with Crippen molar-refractivity contribution in [2.75, 3.05) is 26.4 Å². The molecule has 24 heavy (non-hydrogen) atoms. The molecule has 0 aliphatic carbocycles. The molecule has 0 bridgehead atoms. The minimum atomic E-state index is -0.799. The van der Waals surface area contributed by atoms with E-state index in [-0.39, 0.29) is 37.6 Å². The standard InChI is InChI=1S/C16H20O8/c1-11(2)15(19)23-9-7-21-13(17)5-6-14(18)22-8-10-24-16(20)12(3)4/h5-6H,1,3,7-10H2,2,4H3. The maximum absolute atomic E-state index is 11.3. The van der Waals surface area contributed by atoms with Crippen LogP contribution in [0.5, 0.6) is 0 Å². The molecule has 0 aromatic heterocycles. The smallest absolute Gasteiger partial charge is 0.333 e. The number of hydrogen-bond acceptors (Lipinski definition) is 8. The third-order valence-corrected chi connectivity index (χ3v) is 2.17. The lowest BCUT2D eigenvalue weighted by Crippen LogP contribution is -2.14. The summed E-state index contributed by atoms with van der Waals surface area (Å²) in [5, 5.41) is 0. The number of ether oxygens (including phenoxy) is 4. The van der Waals surface area contributed by atoms with Gasteiger partial charge in [0.1, 0.15) is 26.4 Å². The van der Waals surface area contributed by atoms with Gasteiger partial charge in [-0.25, -0.2) is 19.2 Å². The minimum absolute atomic E-state index is 0.121. The van der Waals surface area contributed by atoms with Gasteiger partial charge in [-0.2, -0.15) is 0 Å². The van der Waals surface area contributed by atoms with E-state index in [2.05, 4.69) is 22.6 Å². The molecule has 0 atom stereocenters. The Balaban J connectivity index is 3.83. The minimum Gasteiger partial charge on any atom is -0.459 e. The van der Waals surface area contributed by atoms with Gasteiger partial charge in [-0.1, -0.05) is 13.2 Å². The second kappa shape index (κ2) is 11.6. The molecule has 8 heteroatoms. The van der Waals surface area contributed by atoms with Crippen LogP contribution in [0.3, 0.4) is 0 Å². The van der Waals surface area contributed by atoms with Crippen molar-refractivity contribution in [1.82, 2.24) is 0 Å². The number of esters is 4. The Labute approximate surface area is 139 Å². The van der Waals surface area contributed by atoms with Crippen molar-refractivity contribution in [1.29, 1.82) is 0 Å². The Kier molecular flexibility index (Phi) is 10.2. The summed E-state index contributed by atoms with van der Waals surface area (Å²) in [6, 6.07) is 0. The van der Waals surface area contributed by atoms with E-state index in [9.17, 15) is 19.2 Å². The van der Waals surface area contributed by atoms with E-state index >= 15 is 0 Å². The Bertz CT molecular complexity index is 496. The molecule has 0 amide bonds. The van der Waals surface area contributed by atoms with Gasteiger partial charge in [0.05, 0.1) is 0 Å². The van der Waals surface area contributed by atoms with Crippen molar-refractivity contribution in [3.63, 3.8) is 0 Å². The van der Waals surface area contributed by atoms with Crippen LogP contribution in [0.25, 0.3) is 0 Å². The number of hydrogen-bond donors (Lipinski definition) is 0. The van der Waals surface area contributed by atoms with Gasteiger partial charge in [0.25, 0.3) is 0 Å². The van der Waals surface area contributed by atoms with Gasteiger partial charge in [-0.05, 0) is 13.8 Å². The van der Waals surface area contributed by atoms with E-state index < -0.39 is 23.9 Å². The molecule has 0 aromatic rings. The molecule has 0 radical (unpaired) electrons. The molecule has 0 unspecified atom stereocenters. The third-order valence-electron chi connectivity index (χ3n) is 2.17. The van der Waals surface area contributed by atoms with E-state index in [1.165, 1.54) is 13.8 Å². The molecule has 0 heterocycles. The zero-order chi connectivity index (χ0) is 18.5. The average Bonchev–Trinajstić information content (AvgIpc) is 2.52. The van der Waals surface area contributed by atoms with Gasteiger partial charge in [-0.15, -0.1) is 0 Å². The Morgan fingerprint density at radius 1 is 0.667 bits per heavy atom. The van der Waals surface area contributed by atoms with Crippen LogP contribution in [0.15, 0.2) is 36.5 Å². The quantitative estimate of drug-likeness (QED) is 0.250. The summed E-state index contributed by atoms with van der Waals surface area (Å²) >= 11 is 0. The molecule has 0 spiro atoms. The van der Waals surface area contributed by atoms with Crippen molar-refractivity contribution >= 4 is 23.9 Å². The van der Waals surface area contributed by atoms with E-state index in [0.717, 1.165) is 12.2 Å². The molecular weight excluding hydrogens is 320 g/mol. The number of carbonyl (C=O) groups excluding carboxylic acids is 4. The Morgan fingerprint density at radius 3 is 1.25 bits per heavy atom. The Hall–Kier alpha value is -2.90. The summed E-state index contributed by atoms with van der Waals surface area (Å²) < 4.78 is 18.8. The van der Waals surface area contributed by atoms with Gasteiger partial charge in [0.2, 0.25) is 0 Å². The second-order valence-corrected chi connectivity index (χ2v) is 4.50. The van der Waals surface area contributed by atoms with Crippen LogP contribution >= 0.6 is 0 Å². The molecule has 8 nitrogen and oxygen atoms in total. The highest BCUT2D eigenvalue weighted by Gasteiger charge is 2.05. The molecule has 0 rings (SSSR count). The summed E-state index contributed by atoms with van der Waals surface area (Å²) in [7, 11) is 0. The lowest BCUT2D eigenvalue weighted by Gasteiger charge is -2.05. The van der Waals surface area contributed by atoms with Crippen molar-refractivity contribution < 1.29 is 38.1 Å². The monoisotopic (exact) mass is 340 g/mol. The van der Waals surface area contributed by atoms with Gasteiger partial charge in [0, 0.05) is 23.3 Å². The van der Waals surface area contributed by atoms with Crippen LogP contribution in [0.1, 0.15) is 13.8 Å². The van der Waals surface area contributed by atoms with E-state index in [0.29, 0.717) is 0 Å². The first kappa shape index (κ1) is 21.1. The predicted molar refractivity (Wildman–Crippen MR) is 82.6 cm³/mol. The zero-order valence-corrected chi connectivity index (χ0v) is 13.7. The second-order valence-electron chi connectivity index (χ2n) is 4.50. The fourth-order valence-corrected chi connectivity index (χ4v) is 1.03. The average molecular weight is 340 g/mol. The largest absolute Gasteiger partial charge is 0.459 e. The lowest BCUT2D eigenvalue weighted by atomic mass is 10.4. The highest BCUT2D eigenvalue weighted by Crippen LogP contribution is 1.93. The van der Waals surface area contributed by atoms with Crippen molar-refractivity contribution in [2.24, 2.45) is 0 Å². The van der Waals surface area contributed by atoms with Gasteiger partial charge >= 0.3 is 23.9 Å². The van der Waals surface area contributed by atoms with Crippen molar-refractivity contribution in [3.05, 3.63) is 36.5 Å². The predicted octanol–water partition coefficient (Wildman–Crippen LogP) is 0.868.